The monoisotopic (exact) mass is 338 g/mol. The molecule has 2 N–H and O–H groups in total. The molecule has 4 heterocycles. The minimum absolute atomic E-state index is 0.0537. The Balaban J connectivity index is 1.47. The number of hydrogen-bond donors (Lipinski definition) is 1. The first kappa shape index (κ1) is 16.0. The lowest BCUT2D eigenvalue weighted by molar-refractivity contribution is 0.0790. The first-order chi connectivity index (χ1) is 12.2. The van der Waals surface area contributed by atoms with Crippen molar-refractivity contribution in [1.29, 1.82) is 0 Å². The molecule has 25 heavy (non-hydrogen) atoms. The Kier molecular flexibility index (Phi) is 4.31. The highest BCUT2D eigenvalue weighted by Crippen LogP contribution is 2.21. The largest absolute Gasteiger partial charge is 0.357 e. The topological polar surface area (TPSA) is 88.2 Å². The molecular formula is C18H22N6O. The Morgan fingerprint density at radius 3 is 2.40 bits per heavy atom. The maximum absolute atomic E-state index is 12.4. The maximum Gasteiger partial charge on any atom is 0.257 e. The third-order valence-electron chi connectivity index (χ3n) is 4.85. The molecule has 0 bridgehead atoms. The third kappa shape index (κ3) is 3.32. The molecular weight excluding hydrogens is 316 g/mol. The predicted molar refractivity (Wildman–Crippen MR) is 95.2 cm³/mol. The number of anilines is 1. The van der Waals surface area contributed by atoms with Crippen LogP contribution in [0, 0.1) is 0 Å². The minimum atomic E-state index is -0.0537. The van der Waals surface area contributed by atoms with Gasteiger partial charge in [0.2, 0.25) is 0 Å². The van der Waals surface area contributed by atoms with Crippen molar-refractivity contribution in [2.45, 2.75) is 25.3 Å². The number of nitrogens with two attached hydrogens (primary N) is 1. The Bertz CT molecular complexity index is 739. The van der Waals surface area contributed by atoms with Gasteiger partial charge in [0, 0.05) is 56.4 Å². The van der Waals surface area contributed by atoms with Crippen molar-refractivity contribution in [2.75, 3.05) is 31.1 Å². The summed E-state index contributed by atoms with van der Waals surface area (Å²) in [4.78, 5) is 29.7. The molecule has 7 heteroatoms. The lowest BCUT2D eigenvalue weighted by Crippen LogP contribution is -2.32. The molecule has 2 saturated heterocycles. The Hall–Kier alpha value is -2.54. The van der Waals surface area contributed by atoms with Crippen LogP contribution in [0.3, 0.4) is 0 Å². The van der Waals surface area contributed by atoms with Crippen LogP contribution in [0.1, 0.15) is 29.6 Å². The van der Waals surface area contributed by atoms with Gasteiger partial charge in [-0.1, -0.05) is 0 Å². The Labute approximate surface area is 146 Å². The summed E-state index contributed by atoms with van der Waals surface area (Å²) in [5, 5.41) is 0. The summed E-state index contributed by atoms with van der Waals surface area (Å²) in [7, 11) is 0. The number of pyridine rings is 1. The molecule has 0 spiro atoms. The zero-order valence-electron chi connectivity index (χ0n) is 14.1. The zero-order chi connectivity index (χ0) is 17.2. The molecule has 0 saturated carbocycles. The van der Waals surface area contributed by atoms with Crippen LogP contribution in [0.25, 0.3) is 11.4 Å². The highest BCUT2D eigenvalue weighted by Gasteiger charge is 2.25. The van der Waals surface area contributed by atoms with Crippen LogP contribution < -0.4 is 10.6 Å². The first-order valence-electron chi connectivity index (χ1n) is 8.79. The summed E-state index contributed by atoms with van der Waals surface area (Å²) in [6.07, 6.45) is 8.27. The molecule has 1 atom stereocenters. The van der Waals surface area contributed by atoms with Crippen LogP contribution in [0.4, 0.5) is 5.82 Å². The first-order valence-corrected chi connectivity index (χ1v) is 8.79. The number of carbonyl (C=O) groups is 1. The van der Waals surface area contributed by atoms with E-state index in [1.54, 1.807) is 23.5 Å². The van der Waals surface area contributed by atoms with Crippen molar-refractivity contribution in [1.82, 2.24) is 19.9 Å². The molecule has 2 aliphatic rings. The van der Waals surface area contributed by atoms with E-state index in [0.29, 0.717) is 24.5 Å². The summed E-state index contributed by atoms with van der Waals surface area (Å²) in [6, 6.07) is 4.07. The molecule has 0 aliphatic carbocycles. The molecule has 7 nitrogen and oxygen atoms in total. The van der Waals surface area contributed by atoms with Gasteiger partial charge in [0.1, 0.15) is 5.82 Å². The van der Waals surface area contributed by atoms with Crippen LogP contribution >= 0.6 is 0 Å². The number of aromatic nitrogens is 3. The highest BCUT2D eigenvalue weighted by molar-refractivity contribution is 5.94. The summed E-state index contributed by atoms with van der Waals surface area (Å²) in [5.41, 5.74) is 7.21. The quantitative estimate of drug-likeness (QED) is 0.908. The van der Waals surface area contributed by atoms with Gasteiger partial charge in [-0.05, 0) is 31.4 Å². The van der Waals surface area contributed by atoms with E-state index in [9.17, 15) is 4.79 Å². The van der Waals surface area contributed by atoms with Gasteiger partial charge in [-0.2, -0.15) is 0 Å². The third-order valence-corrected chi connectivity index (χ3v) is 4.85. The molecule has 130 valence electrons. The molecule has 2 aromatic rings. The van der Waals surface area contributed by atoms with Crippen LogP contribution in [-0.2, 0) is 0 Å². The second kappa shape index (κ2) is 6.76. The normalized spacial score (nSPS) is 20.3. The molecule has 2 aromatic heterocycles. The van der Waals surface area contributed by atoms with E-state index in [0.717, 1.165) is 30.9 Å². The summed E-state index contributed by atoms with van der Waals surface area (Å²) < 4.78 is 0. The highest BCUT2D eigenvalue weighted by atomic mass is 16.2. The predicted octanol–water partition coefficient (Wildman–Crippen LogP) is 1.31. The van der Waals surface area contributed by atoms with Gasteiger partial charge in [0.05, 0.1) is 5.56 Å². The van der Waals surface area contributed by atoms with Crippen LogP contribution in [0.2, 0.25) is 0 Å². The maximum atomic E-state index is 12.4. The van der Waals surface area contributed by atoms with Crippen LogP contribution in [0.15, 0.2) is 30.7 Å². The van der Waals surface area contributed by atoms with Crippen LogP contribution in [-0.4, -0.2) is 58.0 Å². The van der Waals surface area contributed by atoms with Crippen molar-refractivity contribution in [3.05, 3.63) is 36.3 Å². The Morgan fingerprint density at radius 2 is 1.80 bits per heavy atom. The molecule has 0 radical (unpaired) electrons. The number of amides is 1. The molecule has 1 unspecified atom stereocenters. The van der Waals surface area contributed by atoms with E-state index in [1.165, 1.54) is 12.8 Å². The summed E-state index contributed by atoms with van der Waals surface area (Å²) in [5.74, 6) is 1.52. The number of likely N-dealkylation sites (tertiary alicyclic amines) is 1. The van der Waals surface area contributed by atoms with Gasteiger partial charge in [-0.3, -0.25) is 4.79 Å². The summed E-state index contributed by atoms with van der Waals surface area (Å²) >= 11 is 0. The Morgan fingerprint density at radius 1 is 1.04 bits per heavy atom. The van der Waals surface area contributed by atoms with Gasteiger partial charge in [0.15, 0.2) is 5.82 Å². The lowest BCUT2D eigenvalue weighted by Gasteiger charge is -2.16. The smallest absolute Gasteiger partial charge is 0.257 e. The van der Waals surface area contributed by atoms with Gasteiger partial charge < -0.3 is 15.5 Å². The van der Waals surface area contributed by atoms with E-state index in [4.69, 9.17) is 5.73 Å². The van der Waals surface area contributed by atoms with Gasteiger partial charge in [-0.25, -0.2) is 15.0 Å². The van der Waals surface area contributed by atoms with Crippen molar-refractivity contribution in [2.24, 2.45) is 5.73 Å². The van der Waals surface area contributed by atoms with E-state index >= 15 is 0 Å². The van der Waals surface area contributed by atoms with Gasteiger partial charge in [0.25, 0.3) is 5.91 Å². The van der Waals surface area contributed by atoms with Gasteiger partial charge in [-0.15, -0.1) is 0 Å². The van der Waals surface area contributed by atoms with Crippen molar-refractivity contribution < 1.29 is 4.79 Å². The van der Waals surface area contributed by atoms with E-state index in [1.807, 2.05) is 12.1 Å². The number of hydrogen-bond acceptors (Lipinski definition) is 6. The van der Waals surface area contributed by atoms with Crippen molar-refractivity contribution >= 4 is 11.7 Å². The van der Waals surface area contributed by atoms with E-state index < -0.39 is 0 Å². The number of carbonyl (C=O) groups excluding carboxylic acids is 1. The average molecular weight is 338 g/mol. The zero-order valence-corrected chi connectivity index (χ0v) is 14.1. The standard InChI is InChI=1S/C18H22N6O/c19-15-5-8-24(12-15)18(25)14-10-21-17(22-11-14)13-3-4-16(20-9-13)23-6-1-2-7-23/h3-4,9-11,15H,1-2,5-8,12,19H2. The van der Waals surface area contributed by atoms with E-state index in [2.05, 4.69) is 19.9 Å². The van der Waals surface area contributed by atoms with Crippen LogP contribution in [0.5, 0.6) is 0 Å². The number of rotatable bonds is 3. The number of nitrogens with zero attached hydrogens (tertiary/aromatic N) is 5. The second-order valence-electron chi connectivity index (χ2n) is 6.69. The van der Waals surface area contributed by atoms with E-state index in [-0.39, 0.29) is 11.9 Å². The van der Waals surface area contributed by atoms with Gasteiger partial charge >= 0.3 is 0 Å². The second-order valence-corrected chi connectivity index (χ2v) is 6.69. The molecule has 4 rings (SSSR count). The molecule has 2 fully saturated rings. The summed E-state index contributed by atoms with van der Waals surface area (Å²) in [6.45, 7) is 3.44. The fourth-order valence-electron chi connectivity index (χ4n) is 3.39. The molecule has 0 aromatic carbocycles. The van der Waals surface area contributed by atoms with Crippen molar-refractivity contribution in [3.8, 4) is 11.4 Å². The fraction of sp³-hybridized carbons (Fsp3) is 0.444. The molecule has 2 aliphatic heterocycles. The average Bonchev–Trinajstić information content (AvgIpc) is 3.33. The van der Waals surface area contributed by atoms with Crippen molar-refractivity contribution in [3.63, 3.8) is 0 Å². The lowest BCUT2D eigenvalue weighted by atomic mass is 10.2. The minimum Gasteiger partial charge on any atom is -0.357 e. The molecule has 1 amide bonds. The fourth-order valence-corrected chi connectivity index (χ4v) is 3.39. The SMILES string of the molecule is NC1CCN(C(=O)c2cnc(-c3ccc(N4CCCC4)nc3)nc2)C1.